The van der Waals surface area contributed by atoms with E-state index in [1.807, 2.05) is 6.07 Å². The largest absolute Gasteiger partial charge is 0.451 e. The van der Waals surface area contributed by atoms with Crippen LogP contribution in [-0.4, -0.2) is 29.7 Å². The molecule has 7 rings (SSSR count). The lowest BCUT2D eigenvalue weighted by Crippen LogP contribution is -2.40. The SMILES string of the molecule is CC(OC(=O)c1ccc(N2C(=O)C3C4C=CC(C5CC45)C3C2=O)cc1)C(=O)c1ccccc1. The number of hydrogen-bond donors (Lipinski definition) is 0. The average Bonchev–Trinajstić information content (AvgIpc) is 3.62. The molecule has 6 nitrogen and oxygen atoms in total. The van der Waals surface area contributed by atoms with Gasteiger partial charge in [-0.2, -0.15) is 0 Å². The van der Waals surface area contributed by atoms with Gasteiger partial charge < -0.3 is 4.74 Å². The van der Waals surface area contributed by atoms with Gasteiger partial charge in [-0.15, -0.1) is 0 Å². The van der Waals surface area contributed by atoms with Gasteiger partial charge in [0.25, 0.3) is 0 Å². The molecule has 33 heavy (non-hydrogen) atoms. The third-order valence-electron chi connectivity index (χ3n) is 7.74. The highest BCUT2D eigenvalue weighted by Gasteiger charge is 2.67. The Kier molecular flexibility index (Phi) is 4.41. The molecule has 2 bridgehead atoms. The zero-order chi connectivity index (χ0) is 22.9. The van der Waals surface area contributed by atoms with Gasteiger partial charge >= 0.3 is 5.97 Å². The number of amides is 2. The molecule has 0 N–H and O–H groups in total. The van der Waals surface area contributed by atoms with Crippen molar-refractivity contribution in [3.05, 3.63) is 77.9 Å². The van der Waals surface area contributed by atoms with Crippen LogP contribution in [0.15, 0.2) is 66.7 Å². The number of ether oxygens (including phenoxy) is 1. The highest BCUT2D eigenvalue weighted by molar-refractivity contribution is 6.22. The Morgan fingerprint density at radius 1 is 0.848 bits per heavy atom. The summed E-state index contributed by atoms with van der Waals surface area (Å²) >= 11 is 0. The van der Waals surface area contributed by atoms with E-state index >= 15 is 0 Å². The zero-order valence-electron chi connectivity index (χ0n) is 18.1. The first-order chi connectivity index (χ1) is 16.0. The molecule has 2 aromatic carbocycles. The van der Waals surface area contributed by atoms with Crippen molar-refractivity contribution in [2.45, 2.75) is 19.4 Å². The molecule has 3 fully saturated rings. The molecule has 1 saturated heterocycles. The molecule has 1 aliphatic heterocycles. The van der Waals surface area contributed by atoms with Crippen molar-refractivity contribution in [3.63, 3.8) is 0 Å². The second kappa shape index (κ2) is 7.24. The van der Waals surface area contributed by atoms with Crippen LogP contribution in [0.1, 0.15) is 34.1 Å². The van der Waals surface area contributed by atoms with E-state index < -0.39 is 12.1 Å². The maximum atomic E-state index is 13.2. The molecule has 6 heteroatoms. The topological polar surface area (TPSA) is 80.8 Å². The third-order valence-corrected chi connectivity index (χ3v) is 7.74. The number of carbonyl (C=O) groups excluding carboxylic acids is 4. The van der Waals surface area contributed by atoms with Crippen LogP contribution in [0, 0.1) is 35.5 Å². The van der Waals surface area contributed by atoms with E-state index in [1.54, 1.807) is 36.4 Å². The second-order valence-corrected chi connectivity index (χ2v) is 9.49. The third kappa shape index (κ3) is 3.00. The Morgan fingerprint density at radius 3 is 2.00 bits per heavy atom. The Labute approximate surface area is 191 Å². The zero-order valence-corrected chi connectivity index (χ0v) is 18.1. The molecule has 2 saturated carbocycles. The van der Waals surface area contributed by atoms with E-state index in [1.165, 1.54) is 24.0 Å². The summed E-state index contributed by atoms with van der Waals surface area (Å²) in [4.78, 5) is 52.8. The predicted octanol–water partition coefficient (Wildman–Crippen LogP) is 3.67. The fraction of sp³-hybridized carbons (Fsp3) is 0.333. The van der Waals surface area contributed by atoms with Crippen molar-refractivity contribution in [3.8, 4) is 0 Å². The highest BCUT2D eigenvalue weighted by atomic mass is 16.5. The van der Waals surface area contributed by atoms with Crippen molar-refractivity contribution in [2.75, 3.05) is 4.90 Å². The van der Waals surface area contributed by atoms with E-state index in [0.717, 1.165) is 6.42 Å². The molecule has 4 aliphatic carbocycles. The summed E-state index contributed by atoms with van der Waals surface area (Å²) in [5.41, 5.74) is 1.20. The van der Waals surface area contributed by atoms with Crippen molar-refractivity contribution in [1.82, 2.24) is 0 Å². The maximum Gasteiger partial charge on any atom is 0.338 e. The van der Waals surface area contributed by atoms with Gasteiger partial charge in [0.05, 0.1) is 23.1 Å². The van der Waals surface area contributed by atoms with Gasteiger partial charge in [0.1, 0.15) is 0 Å². The summed E-state index contributed by atoms with van der Waals surface area (Å²) in [6, 6.07) is 14.9. The summed E-state index contributed by atoms with van der Waals surface area (Å²) in [7, 11) is 0. The Balaban J connectivity index is 1.17. The fourth-order valence-corrected chi connectivity index (χ4v) is 6.08. The molecular formula is C27H23NO5. The summed E-state index contributed by atoms with van der Waals surface area (Å²) in [6.45, 7) is 1.54. The van der Waals surface area contributed by atoms with Crippen molar-refractivity contribution >= 4 is 29.3 Å². The first-order valence-corrected chi connectivity index (χ1v) is 11.4. The normalized spacial score (nSPS) is 31.7. The molecule has 7 atom stereocenters. The lowest BCUT2D eigenvalue weighted by molar-refractivity contribution is -0.124. The summed E-state index contributed by atoms with van der Waals surface area (Å²) < 4.78 is 5.35. The van der Waals surface area contributed by atoms with Gasteiger partial charge in [-0.1, -0.05) is 42.5 Å². The highest BCUT2D eigenvalue weighted by Crippen LogP contribution is 2.65. The van der Waals surface area contributed by atoms with E-state index in [-0.39, 0.29) is 46.8 Å². The van der Waals surface area contributed by atoms with E-state index in [4.69, 9.17) is 4.74 Å². The number of nitrogens with zero attached hydrogens (tertiary/aromatic N) is 1. The number of anilines is 1. The van der Waals surface area contributed by atoms with Crippen molar-refractivity contribution in [2.24, 2.45) is 35.5 Å². The quantitative estimate of drug-likeness (QED) is 0.306. The van der Waals surface area contributed by atoms with Gasteiger partial charge in [0.15, 0.2) is 6.10 Å². The number of benzene rings is 2. The number of hydrogen-bond acceptors (Lipinski definition) is 5. The molecule has 2 aromatic rings. The van der Waals surface area contributed by atoms with Gasteiger partial charge in [-0.3, -0.25) is 19.3 Å². The molecule has 2 amide bonds. The number of carbonyl (C=O) groups is 4. The van der Waals surface area contributed by atoms with Crippen molar-refractivity contribution < 1.29 is 23.9 Å². The van der Waals surface area contributed by atoms with Gasteiger partial charge in [0.2, 0.25) is 17.6 Å². The minimum Gasteiger partial charge on any atom is -0.451 e. The van der Waals surface area contributed by atoms with Crippen LogP contribution in [-0.2, 0) is 14.3 Å². The first-order valence-electron chi connectivity index (χ1n) is 11.4. The standard InChI is InChI=1S/C27H23NO5/c1-14(24(29)15-5-3-2-4-6-15)33-27(32)16-7-9-17(10-8-16)28-25(30)22-18-11-12-19(21-13-20(18)21)23(22)26(28)31/h2-12,14,18-23H,13H2,1H3. The van der Waals surface area contributed by atoms with Gasteiger partial charge in [-0.05, 0) is 61.3 Å². The molecular weight excluding hydrogens is 418 g/mol. The van der Waals surface area contributed by atoms with Crippen LogP contribution < -0.4 is 4.90 Å². The van der Waals surface area contributed by atoms with Gasteiger partial charge in [-0.25, -0.2) is 4.79 Å². The molecule has 0 spiro atoms. The minimum atomic E-state index is -0.932. The smallest absolute Gasteiger partial charge is 0.338 e. The van der Waals surface area contributed by atoms with E-state index in [2.05, 4.69) is 12.2 Å². The van der Waals surface area contributed by atoms with Crippen LogP contribution in [0.2, 0.25) is 0 Å². The predicted molar refractivity (Wildman–Crippen MR) is 119 cm³/mol. The maximum absolute atomic E-state index is 13.2. The lowest BCUT2D eigenvalue weighted by Gasteiger charge is -2.37. The Bertz CT molecular complexity index is 1160. The van der Waals surface area contributed by atoms with E-state index in [0.29, 0.717) is 23.1 Å². The first kappa shape index (κ1) is 20.1. The monoisotopic (exact) mass is 441 g/mol. The van der Waals surface area contributed by atoms with Gasteiger partial charge in [0, 0.05) is 5.56 Å². The fourth-order valence-electron chi connectivity index (χ4n) is 6.08. The number of imide groups is 1. The summed E-state index contributed by atoms with van der Waals surface area (Å²) in [6.07, 6.45) is 4.48. The van der Waals surface area contributed by atoms with Crippen LogP contribution in [0.5, 0.6) is 0 Å². The lowest BCUT2D eigenvalue weighted by atomic mass is 9.63. The number of esters is 1. The molecule has 0 radical (unpaired) electrons. The number of Topliss-reactive ketones (excluding diaryl/α,β-unsaturated/α-hetero) is 1. The number of allylic oxidation sites excluding steroid dienone is 2. The Morgan fingerprint density at radius 2 is 1.42 bits per heavy atom. The molecule has 5 aliphatic rings. The van der Waals surface area contributed by atoms with Crippen LogP contribution >= 0.6 is 0 Å². The molecule has 1 heterocycles. The van der Waals surface area contributed by atoms with Crippen LogP contribution in [0.25, 0.3) is 0 Å². The number of ketones is 1. The second-order valence-electron chi connectivity index (χ2n) is 9.49. The molecule has 7 unspecified atom stereocenters. The molecule has 166 valence electrons. The summed E-state index contributed by atoms with van der Waals surface area (Å²) in [5, 5.41) is 0. The minimum absolute atomic E-state index is 0.132. The molecule has 0 aromatic heterocycles. The number of rotatable bonds is 5. The van der Waals surface area contributed by atoms with Crippen LogP contribution in [0.4, 0.5) is 5.69 Å². The average molecular weight is 441 g/mol. The Hall–Kier alpha value is -3.54. The van der Waals surface area contributed by atoms with Crippen molar-refractivity contribution in [1.29, 1.82) is 0 Å². The summed E-state index contributed by atoms with van der Waals surface area (Å²) in [5.74, 6) is -0.248. The van der Waals surface area contributed by atoms with E-state index in [9.17, 15) is 19.2 Å². The van der Waals surface area contributed by atoms with Crippen LogP contribution in [0.3, 0.4) is 0 Å².